The average Bonchev–Trinajstić information content (AvgIpc) is 3.57. The van der Waals surface area contributed by atoms with Crippen molar-refractivity contribution in [3.63, 3.8) is 0 Å². The molecule has 6 aromatic rings. The molecule has 432 valence electrons. The first-order chi connectivity index (χ1) is 39.8. The fourth-order valence-corrected chi connectivity index (χ4v) is 11.0. The van der Waals surface area contributed by atoms with Crippen LogP contribution in [0.15, 0.2) is 109 Å². The Kier molecular flexibility index (Phi) is 22.2. The van der Waals surface area contributed by atoms with Crippen molar-refractivity contribution in [2.24, 2.45) is 34.4 Å². The van der Waals surface area contributed by atoms with Gasteiger partial charge in [-0.1, -0.05) is 91.0 Å². The normalized spacial score (nSPS) is 15.8. The van der Waals surface area contributed by atoms with Crippen LogP contribution in [-0.4, -0.2) is 71.1 Å². The predicted octanol–water partition coefficient (Wildman–Crippen LogP) is 5.45. The molecule has 3 aliphatic heterocycles. The Morgan fingerprint density at radius 1 is 0.422 bits per heavy atom. The second-order valence-electron chi connectivity index (χ2n) is 21.4. The summed E-state index contributed by atoms with van der Waals surface area (Å²) in [4.78, 5) is 73.4. The maximum Gasteiger partial charge on any atom is 0.526 e. The Balaban J connectivity index is 0.000000179. The first-order valence-corrected chi connectivity index (χ1v) is 27.8. The molecular formula is C62H73B3N6O12. The molecular weight excluding hydrogens is 1050 g/mol. The van der Waals surface area contributed by atoms with Gasteiger partial charge in [-0.05, 0) is 119 Å². The quantitative estimate of drug-likeness (QED) is 0.0339. The van der Waals surface area contributed by atoms with Crippen molar-refractivity contribution in [1.82, 2.24) is 0 Å². The first-order valence-electron chi connectivity index (χ1n) is 27.8. The summed E-state index contributed by atoms with van der Waals surface area (Å²) in [7, 11) is -3.39. The van der Waals surface area contributed by atoms with Gasteiger partial charge in [0.05, 0.1) is 16.7 Å². The molecule has 0 fully saturated rings. The van der Waals surface area contributed by atoms with Gasteiger partial charge in [-0.2, -0.15) is 0 Å². The molecule has 0 saturated heterocycles. The van der Waals surface area contributed by atoms with Crippen LogP contribution < -0.4 is 48.4 Å². The molecule has 3 atom stereocenters. The van der Waals surface area contributed by atoms with Crippen molar-refractivity contribution in [3.8, 4) is 17.2 Å². The Bertz CT molecular complexity index is 3360. The highest BCUT2D eigenvalue weighted by atomic mass is 16.5. The third-order valence-electron chi connectivity index (χ3n) is 15.3. The number of hydrogen-bond acceptors (Lipinski definition) is 18. The molecule has 21 heteroatoms. The van der Waals surface area contributed by atoms with Crippen molar-refractivity contribution >= 4 is 56.1 Å². The summed E-state index contributed by atoms with van der Waals surface area (Å²) in [5.74, 6) is -0.297. The van der Waals surface area contributed by atoms with E-state index in [4.69, 9.17) is 48.4 Å². The van der Waals surface area contributed by atoms with E-state index in [-0.39, 0.29) is 85.0 Å². The number of carbonyl (C=O) groups excluding carboxylic acids is 6. The Hall–Kier alpha value is -7.43. The lowest BCUT2D eigenvalue weighted by molar-refractivity contribution is -0.119. The summed E-state index contributed by atoms with van der Waals surface area (Å²) in [5, 5.41) is 31.2. The van der Waals surface area contributed by atoms with Crippen molar-refractivity contribution < 1.29 is 57.8 Å². The van der Waals surface area contributed by atoms with E-state index in [0.717, 1.165) is 61.2 Å². The number of carbonyl (C=O) groups is 6. The van der Waals surface area contributed by atoms with Gasteiger partial charge >= 0.3 is 21.4 Å². The van der Waals surface area contributed by atoms with Crippen molar-refractivity contribution in [3.05, 3.63) is 193 Å². The number of rotatable bonds is 20. The lowest BCUT2D eigenvalue weighted by Gasteiger charge is -2.28. The molecule has 0 aromatic heterocycles. The fraction of sp³-hybridized carbons (Fsp3) is 0.323. The highest BCUT2D eigenvalue weighted by Gasteiger charge is 2.40. The average molecular weight is 1130 g/mol. The smallest absolute Gasteiger partial charge is 0.526 e. The van der Waals surface area contributed by atoms with Crippen LogP contribution in [0.1, 0.15) is 143 Å². The molecule has 0 amide bonds. The van der Waals surface area contributed by atoms with Gasteiger partial charge in [-0.25, -0.2) is 0 Å². The highest BCUT2D eigenvalue weighted by Crippen LogP contribution is 2.40. The largest absolute Gasteiger partial charge is 0.535 e. The van der Waals surface area contributed by atoms with Crippen LogP contribution in [-0.2, 0) is 81.0 Å². The van der Waals surface area contributed by atoms with E-state index in [0.29, 0.717) is 91.5 Å². The molecule has 0 aliphatic carbocycles. The zero-order valence-corrected chi connectivity index (χ0v) is 47.2. The topological polar surface area (TPSA) is 347 Å². The molecule has 3 heterocycles. The monoisotopic (exact) mass is 1130 g/mol. The minimum absolute atomic E-state index is 0.00835. The van der Waals surface area contributed by atoms with Gasteiger partial charge in [0, 0.05) is 94.4 Å². The lowest BCUT2D eigenvalue weighted by atomic mass is 9.64. The fourth-order valence-electron chi connectivity index (χ4n) is 11.0. The molecule has 15 N–H and O–H groups in total. The summed E-state index contributed by atoms with van der Waals surface area (Å²) in [6.07, 6.45) is 2.43. The van der Waals surface area contributed by atoms with Crippen LogP contribution in [0.25, 0.3) is 0 Å². The molecule has 3 aliphatic rings. The molecule has 0 bridgehead atoms. The van der Waals surface area contributed by atoms with Crippen LogP contribution in [0, 0.1) is 0 Å². The molecule has 83 heavy (non-hydrogen) atoms. The molecule has 9 rings (SSSR count). The molecule has 6 aromatic carbocycles. The molecule has 0 radical (unpaired) electrons. The number of hydrogen-bond donors (Lipinski definition) is 9. The van der Waals surface area contributed by atoms with Gasteiger partial charge in [0.2, 0.25) is 0 Å². The number of nitrogens with two attached hydrogens (primary N) is 6. The minimum Gasteiger partial charge on any atom is -0.535 e. The number of benzene rings is 6. The second-order valence-corrected chi connectivity index (χ2v) is 21.4. The maximum absolute atomic E-state index is 12.9. The number of Topliss-reactive ketones (excluding diaryl/α,β-unsaturated/α-hetero) is 6. The molecule has 0 spiro atoms. The Morgan fingerprint density at radius 3 is 1.23 bits per heavy atom. The van der Waals surface area contributed by atoms with E-state index < -0.39 is 27.2 Å². The minimum atomic E-state index is -1.15. The standard InChI is InChI=1S/2C21H25BN2O4.C20H23BN2O4/c1-13(25)20-4-2-3-17-9-18(22(27)28-21(17)20)10-19(26)8-14-5-15(11-23)7-16(6-14)12-24;1-13(25)20-4-2-3-16-8-18(22(27)28-21(16)20)10-19(26)9-15-6-5-14(11-23)7-17(15)12-24;1-12(24)16-6-2-4-13-8-15(21(26)27-20(13)16)9-19(25)17-7-3-5-14(10-22)18(17)11-23/h2*2-7,18,27H,8-12,23-24H2,1H3;2-7,15,26H,8-11,22-23H2,1H3/t2*18-;15-/m111/s1. The number of para-hydroxylation sites is 3. The van der Waals surface area contributed by atoms with E-state index in [1.165, 1.54) is 20.8 Å². The molecule has 0 unspecified atom stereocenters. The number of fused-ring (bicyclic) bond motifs is 3. The van der Waals surface area contributed by atoms with E-state index in [2.05, 4.69) is 0 Å². The van der Waals surface area contributed by atoms with Crippen molar-refractivity contribution in [2.75, 3.05) is 0 Å². The highest BCUT2D eigenvalue weighted by molar-refractivity contribution is 6.48. The third-order valence-corrected chi connectivity index (χ3v) is 15.3. The maximum atomic E-state index is 12.9. The van der Waals surface area contributed by atoms with Crippen molar-refractivity contribution in [2.45, 2.75) is 129 Å². The second kappa shape index (κ2) is 29.2. The van der Waals surface area contributed by atoms with Crippen LogP contribution in [0.3, 0.4) is 0 Å². The van der Waals surface area contributed by atoms with Crippen LogP contribution in [0.2, 0.25) is 17.5 Å². The first kappa shape index (κ1) is 63.2. The van der Waals surface area contributed by atoms with E-state index >= 15 is 0 Å². The summed E-state index contributed by atoms with van der Waals surface area (Å²) in [6, 6.07) is 32.9. The zero-order valence-electron chi connectivity index (χ0n) is 47.2. The summed E-state index contributed by atoms with van der Waals surface area (Å²) < 4.78 is 16.8. The summed E-state index contributed by atoms with van der Waals surface area (Å²) in [6.45, 7) is 6.46. The van der Waals surface area contributed by atoms with Gasteiger partial charge < -0.3 is 63.4 Å². The third kappa shape index (κ3) is 15.8. The Morgan fingerprint density at radius 2 is 0.819 bits per heavy atom. The van der Waals surface area contributed by atoms with Gasteiger partial charge in [0.25, 0.3) is 0 Å². The molecule has 0 saturated carbocycles. The van der Waals surface area contributed by atoms with Crippen LogP contribution in [0.5, 0.6) is 17.2 Å². The zero-order chi connectivity index (χ0) is 60.1. The van der Waals surface area contributed by atoms with Gasteiger partial charge in [-0.15, -0.1) is 0 Å². The van der Waals surface area contributed by atoms with Gasteiger partial charge in [0.1, 0.15) is 28.8 Å². The SMILES string of the molecule is CC(=O)c1cccc2c1OB(O)[C@@H](CC(=O)Cc1cc(CN)cc(CN)c1)C2.CC(=O)c1cccc2c1OB(O)[C@@H](CC(=O)Cc1ccc(CN)cc1CN)C2.CC(=O)c1cccc2c1OB(O)[C@@H](CC(=O)c1cccc(CN)c1CN)C2. The van der Waals surface area contributed by atoms with Crippen LogP contribution >= 0.6 is 0 Å². The number of ketones is 6. The van der Waals surface area contributed by atoms with Crippen molar-refractivity contribution in [1.29, 1.82) is 0 Å². The summed E-state index contributed by atoms with van der Waals surface area (Å²) >= 11 is 0. The summed E-state index contributed by atoms with van der Waals surface area (Å²) in [5.41, 5.74) is 46.0. The van der Waals surface area contributed by atoms with Gasteiger partial charge in [-0.3, -0.25) is 28.8 Å². The molecule has 18 nitrogen and oxygen atoms in total. The van der Waals surface area contributed by atoms with E-state index in [1.807, 2.05) is 60.7 Å². The van der Waals surface area contributed by atoms with Gasteiger partial charge in [0.15, 0.2) is 23.1 Å². The predicted molar refractivity (Wildman–Crippen MR) is 320 cm³/mol. The van der Waals surface area contributed by atoms with E-state index in [1.54, 1.807) is 48.5 Å². The van der Waals surface area contributed by atoms with Crippen LogP contribution in [0.4, 0.5) is 0 Å². The Labute approximate surface area is 485 Å². The lowest BCUT2D eigenvalue weighted by Crippen LogP contribution is -2.36. The van der Waals surface area contributed by atoms with E-state index in [9.17, 15) is 43.8 Å².